The molecule has 0 aromatic heterocycles. The van der Waals surface area contributed by atoms with Crippen LogP contribution in [0.4, 0.5) is 11.4 Å². The number of piperidine rings is 1. The lowest BCUT2D eigenvalue weighted by molar-refractivity contribution is -0.139. The van der Waals surface area contributed by atoms with Crippen LogP contribution in [0.2, 0.25) is 0 Å². The fraction of sp³-hybridized carbons (Fsp3) is 0.364. The number of allylic oxidation sites excluding steroid dienone is 2. The van der Waals surface area contributed by atoms with E-state index in [9.17, 15) is 9.59 Å². The molecule has 0 amide bonds. The number of ether oxygens (including phenoxy) is 3. The first-order valence-electron chi connectivity index (χ1n) is 9.51. The van der Waals surface area contributed by atoms with Gasteiger partial charge in [0.25, 0.3) is 0 Å². The third-order valence-corrected chi connectivity index (χ3v) is 5.16. The van der Waals surface area contributed by atoms with E-state index in [-0.39, 0.29) is 11.3 Å². The molecule has 29 heavy (non-hydrogen) atoms. The third kappa shape index (κ3) is 4.51. The minimum Gasteiger partial charge on any atom is -0.465 e. The standard InChI is InChI=1S/C22H26N2O5/c1-27-18-11-14-23(15-12-18)16-7-9-17(10-8-16)24-13-5-4-6-19(21(25)28-2)20(24)22(26)29-3/h4-10,13,18H,11-12,14-15H2,1-3H3. The van der Waals surface area contributed by atoms with Crippen LogP contribution in [0.3, 0.4) is 0 Å². The van der Waals surface area contributed by atoms with Crippen molar-refractivity contribution < 1.29 is 23.8 Å². The molecule has 7 heteroatoms. The molecule has 7 nitrogen and oxygen atoms in total. The SMILES string of the molecule is COC(=O)C1=C(C(=O)OC)N(c2ccc(N3CCC(OC)CC3)cc2)C=CC=C1. The van der Waals surface area contributed by atoms with Gasteiger partial charge in [0.05, 0.1) is 25.9 Å². The summed E-state index contributed by atoms with van der Waals surface area (Å²) in [5, 5.41) is 0. The summed E-state index contributed by atoms with van der Waals surface area (Å²) >= 11 is 0. The predicted molar refractivity (Wildman–Crippen MR) is 111 cm³/mol. The zero-order valence-corrected chi connectivity index (χ0v) is 17.0. The molecule has 0 saturated carbocycles. The number of methoxy groups -OCH3 is 3. The second-order valence-corrected chi connectivity index (χ2v) is 6.75. The van der Waals surface area contributed by atoms with Gasteiger partial charge < -0.3 is 24.0 Å². The van der Waals surface area contributed by atoms with Gasteiger partial charge in [-0.05, 0) is 49.3 Å². The fourth-order valence-corrected chi connectivity index (χ4v) is 3.54. The van der Waals surface area contributed by atoms with Crippen LogP contribution >= 0.6 is 0 Å². The van der Waals surface area contributed by atoms with Crippen molar-refractivity contribution in [2.24, 2.45) is 0 Å². The second kappa shape index (κ2) is 9.43. The summed E-state index contributed by atoms with van der Waals surface area (Å²) < 4.78 is 15.2. The highest BCUT2D eigenvalue weighted by Crippen LogP contribution is 2.29. The van der Waals surface area contributed by atoms with Gasteiger partial charge in [0, 0.05) is 37.8 Å². The summed E-state index contributed by atoms with van der Waals surface area (Å²) in [5.74, 6) is -1.22. The molecular formula is C22H26N2O5. The van der Waals surface area contributed by atoms with Gasteiger partial charge in [0.1, 0.15) is 5.70 Å². The van der Waals surface area contributed by atoms with Crippen molar-refractivity contribution in [2.45, 2.75) is 18.9 Å². The van der Waals surface area contributed by atoms with Gasteiger partial charge in [0.15, 0.2) is 0 Å². The molecule has 2 aliphatic heterocycles. The highest BCUT2D eigenvalue weighted by molar-refractivity contribution is 6.05. The van der Waals surface area contributed by atoms with Gasteiger partial charge in [-0.3, -0.25) is 0 Å². The Labute approximate surface area is 170 Å². The zero-order chi connectivity index (χ0) is 20.8. The molecule has 0 N–H and O–H groups in total. The molecule has 154 valence electrons. The van der Waals surface area contributed by atoms with Crippen molar-refractivity contribution in [3.63, 3.8) is 0 Å². The van der Waals surface area contributed by atoms with Crippen LogP contribution in [0.5, 0.6) is 0 Å². The van der Waals surface area contributed by atoms with Gasteiger partial charge >= 0.3 is 11.9 Å². The Hall–Kier alpha value is -3.06. The number of nitrogens with zero attached hydrogens (tertiary/aromatic N) is 2. The molecule has 1 aromatic rings. The summed E-state index contributed by atoms with van der Waals surface area (Å²) in [6.45, 7) is 1.87. The molecule has 1 aromatic carbocycles. The normalized spacial score (nSPS) is 17.3. The molecule has 0 radical (unpaired) electrons. The van der Waals surface area contributed by atoms with Crippen molar-refractivity contribution in [1.29, 1.82) is 0 Å². The van der Waals surface area contributed by atoms with Crippen molar-refractivity contribution in [3.05, 3.63) is 60.0 Å². The molecule has 2 aliphatic rings. The van der Waals surface area contributed by atoms with Gasteiger partial charge in [0.2, 0.25) is 0 Å². The Morgan fingerprint density at radius 3 is 2.10 bits per heavy atom. The van der Waals surface area contributed by atoms with Crippen LogP contribution in [0.25, 0.3) is 0 Å². The monoisotopic (exact) mass is 398 g/mol. The molecule has 0 spiro atoms. The maximum Gasteiger partial charge on any atom is 0.355 e. The smallest absolute Gasteiger partial charge is 0.355 e. The quantitative estimate of drug-likeness (QED) is 0.707. The molecule has 1 saturated heterocycles. The first-order chi connectivity index (χ1) is 14.1. The van der Waals surface area contributed by atoms with E-state index in [1.54, 1.807) is 36.4 Å². The maximum absolute atomic E-state index is 12.5. The first kappa shape index (κ1) is 20.7. The Morgan fingerprint density at radius 1 is 0.897 bits per heavy atom. The Balaban J connectivity index is 1.89. The minimum absolute atomic E-state index is 0.109. The van der Waals surface area contributed by atoms with Crippen molar-refractivity contribution in [1.82, 2.24) is 0 Å². The Kier molecular flexibility index (Phi) is 6.72. The fourth-order valence-electron chi connectivity index (χ4n) is 3.54. The van der Waals surface area contributed by atoms with E-state index >= 15 is 0 Å². The number of carbonyl (C=O) groups excluding carboxylic acids is 2. The van der Waals surface area contributed by atoms with E-state index in [1.165, 1.54) is 14.2 Å². The van der Waals surface area contributed by atoms with E-state index < -0.39 is 11.9 Å². The van der Waals surface area contributed by atoms with Crippen LogP contribution in [-0.2, 0) is 23.8 Å². The number of benzene rings is 1. The van der Waals surface area contributed by atoms with E-state index in [1.807, 2.05) is 24.3 Å². The van der Waals surface area contributed by atoms with Crippen molar-refractivity contribution in [2.75, 3.05) is 44.2 Å². The molecule has 1 fully saturated rings. The van der Waals surface area contributed by atoms with Crippen LogP contribution in [0.15, 0.2) is 60.0 Å². The van der Waals surface area contributed by atoms with Crippen LogP contribution in [0.1, 0.15) is 12.8 Å². The van der Waals surface area contributed by atoms with E-state index in [2.05, 4.69) is 4.90 Å². The largest absolute Gasteiger partial charge is 0.465 e. The number of hydrogen-bond donors (Lipinski definition) is 0. The molecule has 0 unspecified atom stereocenters. The molecule has 2 heterocycles. The number of hydrogen-bond acceptors (Lipinski definition) is 7. The second-order valence-electron chi connectivity index (χ2n) is 6.75. The van der Waals surface area contributed by atoms with E-state index in [4.69, 9.17) is 14.2 Å². The zero-order valence-electron chi connectivity index (χ0n) is 17.0. The topological polar surface area (TPSA) is 68.3 Å². The lowest BCUT2D eigenvalue weighted by atomic mass is 10.1. The summed E-state index contributed by atoms with van der Waals surface area (Å²) in [5.41, 5.74) is 2.09. The average molecular weight is 398 g/mol. The van der Waals surface area contributed by atoms with Crippen LogP contribution in [-0.4, -0.2) is 52.5 Å². The van der Waals surface area contributed by atoms with E-state index in [0.29, 0.717) is 6.10 Å². The number of rotatable bonds is 5. The van der Waals surface area contributed by atoms with Crippen molar-refractivity contribution in [3.8, 4) is 0 Å². The van der Waals surface area contributed by atoms with Crippen molar-refractivity contribution >= 4 is 23.3 Å². The maximum atomic E-state index is 12.5. The Bertz CT molecular complexity index is 833. The molecular weight excluding hydrogens is 372 g/mol. The third-order valence-electron chi connectivity index (χ3n) is 5.16. The Morgan fingerprint density at radius 2 is 1.52 bits per heavy atom. The highest BCUT2D eigenvalue weighted by Gasteiger charge is 2.27. The lowest BCUT2D eigenvalue weighted by Gasteiger charge is -2.33. The first-order valence-corrected chi connectivity index (χ1v) is 9.51. The highest BCUT2D eigenvalue weighted by atomic mass is 16.5. The summed E-state index contributed by atoms with van der Waals surface area (Å²) in [6, 6.07) is 7.87. The van der Waals surface area contributed by atoms with Gasteiger partial charge in [-0.2, -0.15) is 0 Å². The predicted octanol–water partition coefficient (Wildman–Crippen LogP) is 2.79. The molecule has 0 atom stereocenters. The molecule has 0 aliphatic carbocycles. The number of carbonyl (C=O) groups is 2. The average Bonchev–Trinajstić information content (AvgIpc) is 3.01. The summed E-state index contributed by atoms with van der Waals surface area (Å²) in [7, 11) is 4.32. The lowest BCUT2D eigenvalue weighted by Crippen LogP contribution is -2.36. The van der Waals surface area contributed by atoms with Crippen LogP contribution in [0, 0.1) is 0 Å². The van der Waals surface area contributed by atoms with Gasteiger partial charge in [-0.15, -0.1) is 0 Å². The molecule has 3 rings (SSSR count). The summed E-state index contributed by atoms with van der Waals surface area (Å²) in [6.07, 6.45) is 9.02. The minimum atomic E-state index is -0.618. The number of esters is 2. The van der Waals surface area contributed by atoms with E-state index in [0.717, 1.165) is 37.3 Å². The molecule has 0 bridgehead atoms. The van der Waals surface area contributed by atoms with Crippen LogP contribution < -0.4 is 9.80 Å². The summed E-state index contributed by atoms with van der Waals surface area (Å²) in [4.78, 5) is 28.7. The van der Waals surface area contributed by atoms with Gasteiger partial charge in [-0.25, -0.2) is 9.59 Å². The number of anilines is 2. The van der Waals surface area contributed by atoms with Gasteiger partial charge in [-0.1, -0.05) is 6.08 Å².